The van der Waals surface area contributed by atoms with E-state index in [0.29, 0.717) is 5.56 Å². The van der Waals surface area contributed by atoms with Crippen LogP contribution in [0.25, 0.3) is 0 Å². The van der Waals surface area contributed by atoms with Crippen molar-refractivity contribution >= 4 is 16.0 Å². The summed E-state index contributed by atoms with van der Waals surface area (Å²) in [5.74, 6) is -1.22. The molecule has 0 bridgehead atoms. The van der Waals surface area contributed by atoms with E-state index in [2.05, 4.69) is 4.72 Å². The molecule has 0 amide bonds. The summed E-state index contributed by atoms with van der Waals surface area (Å²) < 4.78 is 27.2. The summed E-state index contributed by atoms with van der Waals surface area (Å²) in [7, 11) is -4.03. The Bertz CT molecular complexity index is 685. The number of aliphatic carboxylic acids is 1. The molecule has 6 nitrogen and oxygen atoms in total. The third-order valence-electron chi connectivity index (χ3n) is 3.55. The van der Waals surface area contributed by atoms with Crippen LogP contribution in [-0.4, -0.2) is 25.0 Å². The Kier molecular flexibility index (Phi) is 5.10. The minimum Gasteiger partial charge on any atom is -0.480 e. The molecule has 1 aromatic rings. The van der Waals surface area contributed by atoms with Crippen LogP contribution < -0.4 is 4.72 Å². The van der Waals surface area contributed by atoms with Crippen LogP contribution in [0, 0.1) is 18.3 Å². The monoisotopic (exact) mass is 310 g/mol. The quantitative estimate of drug-likeness (QED) is 0.833. The Labute approximate surface area is 124 Å². The number of carboxylic acids is 1. The maximum Gasteiger partial charge on any atom is 0.324 e. The Morgan fingerprint density at radius 3 is 2.38 bits per heavy atom. The van der Waals surface area contributed by atoms with Crippen molar-refractivity contribution in [2.45, 2.75) is 44.0 Å². The third-order valence-corrected chi connectivity index (χ3v) is 5.23. The number of nitrogens with zero attached hydrogens (tertiary/aromatic N) is 1. The van der Waals surface area contributed by atoms with Crippen LogP contribution in [0.4, 0.5) is 0 Å². The van der Waals surface area contributed by atoms with Gasteiger partial charge in [-0.2, -0.15) is 9.98 Å². The van der Waals surface area contributed by atoms with E-state index in [1.807, 2.05) is 6.07 Å². The van der Waals surface area contributed by atoms with Crippen molar-refractivity contribution in [2.24, 2.45) is 0 Å². The molecule has 0 fully saturated rings. The minimum atomic E-state index is -4.03. The summed E-state index contributed by atoms with van der Waals surface area (Å²) >= 11 is 0. The molecule has 0 saturated heterocycles. The molecule has 0 radical (unpaired) electrons. The zero-order chi connectivity index (χ0) is 16.3. The first-order chi connectivity index (χ1) is 9.72. The predicted octanol–water partition coefficient (Wildman–Crippen LogP) is 1.79. The van der Waals surface area contributed by atoms with Crippen molar-refractivity contribution in [3.8, 4) is 6.07 Å². The maximum atomic E-state index is 12.5. The molecule has 0 aromatic heterocycles. The molecule has 0 saturated carbocycles. The fourth-order valence-corrected chi connectivity index (χ4v) is 3.79. The molecule has 0 unspecified atom stereocenters. The molecule has 0 atom stereocenters. The highest BCUT2D eigenvalue weighted by atomic mass is 32.2. The second kappa shape index (κ2) is 6.24. The topological polar surface area (TPSA) is 107 Å². The van der Waals surface area contributed by atoms with E-state index in [9.17, 15) is 18.3 Å². The van der Waals surface area contributed by atoms with Crippen LogP contribution >= 0.6 is 0 Å². The van der Waals surface area contributed by atoms with Crippen molar-refractivity contribution in [1.29, 1.82) is 5.26 Å². The maximum absolute atomic E-state index is 12.5. The molecule has 21 heavy (non-hydrogen) atoms. The Morgan fingerprint density at radius 2 is 1.95 bits per heavy atom. The lowest BCUT2D eigenvalue weighted by Crippen LogP contribution is -2.53. The molecule has 0 aliphatic carbocycles. The lowest BCUT2D eigenvalue weighted by molar-refractivity contribution is -0.144. The second-order valence-electron chi connectivity index (χ2n) is 4.79. The molecule has 2 N–H and O–H groups in total. The lowest BCUT2D eigenvalue weighted by atomic mass is 9.95. The fraction of sp³-hybridized carbons (Fsp3) is 0.429. The van der Waals surface area contributed by atoms with E-state index >= 15 is 0 Å². The van der Waals surface area contributed by atoms with Crippen LogP contribution in [0.1, 0.15) is 37.8 Å². The van der Waals surface area contributed by atoms with Gasteiger partial charge < -0.3 is 5.11 Å². The average molecular weight is 310 g/mol. The summed E-state index contributed by atoms with van der Waals surface area (Å²) in [6, 6.07) is 6.15. The van der Waals surface area contributed by atoms with Crippen molar-refractivity contribution in [2.75, 3.05) is 0 Å². The van der Waals surface area contributed by atoms with Gasteiger partial charge in [0.25, 0.3) is 0 Å². The standard InChI is InChI=1S/C14H18N2O4S/c1-4-14(5-2,13(17)18)16-21(19,20)12-8-11(9-15)7-6-10(12)3/h6-8,16H,4-5H2,1-3H3,(H,17,18). The molecule has 0 heterocycles. The number of carboxylic acid groups (broad SMARTS) is 1. The first-order valence-corrected chi connectivity index (χ1v) is 7.99. The molecule has 0 aliphatic rings. The van der Waals surface area contributed by atoms with Gasteiger partial charge in [0.15, 0.2) is 0 Å². The number of nitrogens with one attached hydrogen (secondary N) is 1. The first kappa shape index (κ1) is 17.1. The van der Waals surface area contributed by atoms with E-state index in [1.165, 1.54) is 18.2 Å². The van der Waals surface area contributed by atoms with Crippen molar-refractivity contribution in [3.63, 3.8) is 0 Å². The number of hydrogen-bond donors (Lipinski definition) is 2. The normalized spacial score (nSPS) is 11.9. The third kappa shape index (κ3) is 3.40. The molecule has 7 heteroatoms. The zero-order valence-corrected chi connectivity index (χ0v) is 13.0. The number of carbonyl (C=O) groups is 1. The SMILES string of the molecule is CCC(CC)(NS(=O)(=O)c1cc(C#N)ccc1C)C(=O)O. The van der Waals surface area contributed by atoms with Gasteiger partial charge in [-0.25, -0.2) is 8.42 Å². The molecular weight excluding hydrogens is 292 g/mol. The number of rotatable bonds is 6. The largest absolute Gasteiger partial charge is 0.480 e. The average Bonchev–Trinajstić information content (AvgIpc) is 2.44. The van der Waals surface area contributed by atoms with E-state index in [-0.39, 0.29) is 23.3 Å². The number of hydrogen-bond acceptors (Lipinski definition) is 4. The lowest BCUT2D eigenvalue weighted by Gasteiger charge is -2.28. The summed E-state index contributed by atoms with van der Waals surface area (Å²) in [5, 5.41) is 18.2. The number of aryl methyl sites for hydroxylation is 1. The van der Waals surface area contributed by atoms with Crippen LogP contribution in [0.3, 0.4) is 0 Å². The van der Waals surface area contributed by atoms with E-state index < -0.39 is 21.5 Å². The molecule has 0 aliphatic heterocycles. The number of sulfonamides is 1. The smallest absolute Gasteiger partial charge is 0.324 e. The molecule has 1 rings (SSSR count). The number of nitriles is 1. The van der Waals surface area contributed by atoms with Crippen molar-refractivity contribution in [3.05, 3.63) is 29.3 Å². The van der Waals surface area contributed by atoms with Crippen LogP contribution in [0.5, 0.6) is 0 Å². The molecule has 1 aromatic carbocycles. The van der Waals surface area contributed by atoms with Gasteiger partial charge in [-0.3, -0.25) is 4.79 Å². The van der Waals surface area contributed by atoms with Crippen LogP contribution in [0.2, 0.25) is 0 Å². The van der Waals surface area contributed by atoms with Crippen molar-refractivity contribution < 1.29 is 18.3 Å². The highest BCUT2D eigenvalue weighted by molar-refractivity contribution is 7.89. The van der Waals surface area contributed by atoms with Crippen LogP contribution in [-0.2, 0) is 14.8 Å². The van der Waals surface area contributed by atoms with Crippen LogP contribution in [0.15, 0.2) is 23.1 Å². The van der Waals surface area contributed by atoms with E-state index in [1.54, 1.807) is 20.8 Å². The second-order valence-corrected chi connectivity index (χ2v) is 6.44. The van der Waals surface area contributed by atoms with Gasteiger partial charge in [0, 0.05) is 0 Å². The zero-order valence-electron chi connectivity index (χ0n) is 12.2. The van der Waals surface area contributed by atoms with Gasteiger partial charge in [-0.15, -0.1) is 0 Å². The predicted molar refractivity (Wildman–Crippen MR) is 77.2 cm³/mol. The van der Waals surface area contributed by atoms with Gasteiger partial charge in [0.1, 0.15) is 5.54 Å². The van der Waals surface area contributed by atoms with Crippen molar-refractivity contribution in [1.82, 2.24) is 4.72 Å². The highest BCUT2D eigenvalue weighted by Gasteiger charge is 2.39. The Morgan fingerprint density at radius 1 is 1.38 bits per heavy atom. The van der Waals surface area contributed by atoms with Gasteiger partial charge >= 0.3 is 5.97 Å². The summed E-state index contributed by atoms with van der Waals surface area (Å²) in [6.07, 6.45) is 0.240. The first-order valence-electron chi connectivity index (χ1n) is 6.50. The van der Waals surface area contributed by atoms with E-state index in [4.69, 9.17) is 5.26 Å². The fourth-order valence-electron chi connectivity index (χ4n) is 2.01. The summed E-state index contributed by atoms with van der Waals surface area (Å²) in [5.41, 5.74) is -0.892. The summed E-state index contributed by atoms with van der Waals surface area (Å²) in [6.45, 7) is 4.81. The highest BCUT2D eigenvalue weighted by Crippen LogP contribution is 2.23. The van der Waals surface area contributed by atoms with E-state index in [0.717, 1.165) is 0 Å². The molecule has 0 spiro atoms. The van der Waals surface area contributed by atoms with Gasteiger partial charge in [-0.1, -0.05) is 19.9 Å². The summed E-state index contributed by atoms with van der Waals surface area (Å²) in [4.78, 5) is 11.3. The molecule has 114 valence electrons. The van der Waals surface area contributed by atoms with Gasteiger partial charge in [0.05, 0.1) is 16.5 Å². The Hall–Kier alpha value is -1.91. The Balaban J connectivity index is 3.36. The minimum absolute atomic E-state index is 0.0749. The van der Waals surface area contributed by atoms with Gasteiger partial charge in [0.2, 0.25) is 10.0 Å². The van der Waals surface area contributed by atoms with Gasteiger partial charge in [-0.05, 0) is 37.5 Å². The number of benzene rings is 1. The molecular formula is C14H18N2O4S.